The number of nitrogens with zero attached hydrogens (tertiary/aromatic N) is 2. The Morgan fingerprint density at radius 1 is 1.20 bits per heavy atom. The van der Waals surface area contributed by atoms with Crippen molar-refractivity contribution in [1.82, 2.24) is 4.90 Å². The maximum absolute atomic E-state index is 13.7. The van der Waals surface area contributed by atoms with Crippen LogP contribution in [0.1, 0.15) is 27.9 Å². The summed E-state index contributed by atoms with van der Waals surface area (Å²) in [5.41, 5.74) is 3.50. The number of carbonyl (C=O) groups is 1. The van der Waals surface area contributed by atoms with Gasteiger partial charge in [0.2, 0.25) is 0 Å². The molecule has 0 radical (unpaired) electrons. The average Bonchev–Trinajstić information content (AvgIpc) is 3.06. The normalized spacial score (nSPS) is 17.0. The molecular formula is C21H25FN2O. The molecule has 1 aliphatic rings. The van der Waals surface area contributed by atoms with Crippen LogP contribution in [0, 0.1) is 18.7 Å². The van der Waals surface area contributed by atoms with Gasteiger partial charge < -0.3 is 9.80 Å². The number of hydrogen-bond donors (Lipinski definition) is 0. The Labute approximate surface area is 149 Å². The Balaban J connectivity index is 1.61. The molecule has 0 saturated carbocycles. The SMILES string of the molecule is Cc1ccc(CC2CCN(C(=O)c3ccc(N(C)C)cc3)C2)cc1F. The highest BCUT2D eigenvalue weighted by Gasteiger charge is 2.27. The topological polar surface area (TPSA) is 23.6 Å². The van der Waals surface area contributed by atoms with Crippen LogP contribution in [0.15, 0.2) is 42.5 Å². The van der Waals surface area contributed by atoms with Crippen LogP contribution in [0.5, 0.6) is 0 Å². The van der Waals surface area contributed by atoms with Crippen molar-refractivity contribution in [3.05, 3.63) is 65.0 Å². The zero-order valence-electron chi connectivity index (χ0n) is 15.1. The number of anilines is 1. The smallest absolute Gasteiger partial charge is 0.253 e. The average molecular weight is 340 g/mol. The number of likely N-dealkylation sites (tertiary alicyclic amines) is 1. The van der Waals surface area contributed by atoms with Crippen molar-refractivity contribution in [2.45, 2.75) is 19.8 Å². The Hall–Kier alpha value is -2.36. The van der Waals surface area contributed by atoms with Gasteiger partial charge in [-0.25, -0.2) is 4.39 Å². The fraction of sp³-hybridized carbons (Fsp3) is 0.381. The molecule has 0 N–H and O–H groups in total. The van der Waals surface area contributed by atoms with Crippen LogP contribution in [-0.4, -0.2) is 38.0 Å². The molecule has 0 spiro atoms. The molecule has 1 saturated heterocycles. The van der Waals surface area contributed by atoms with Gasteiger partial charge in [0, 0.05) is 38.4 Å². The largest absolute Gasteiger partial charge is 0.378 e. The molecule has 1 unspecified atom stereocenters. The van der Waals surface area contributed by atoms with E-state index in [0.717, 1.165) is 42.7 Å². The molecular weight excluding hydrogens is 315 g/mol. The second-order valence-electron chi connectivity index (χ2n) is 7.13. The zero-order valence-corrected chi connectivity index (χ0v) is 15.1. The molecule has 3 rings (SSSR count). The first-order valence-electron chi connectivity index (χ1n) is 8.75. The summed E-state index contributed by atoms with van der Waals surface area (Å²) in [5.74, 6) is 0.333. The lowest BCUT2D eigenvalue weighted by molar-refractivity contribution is 0.0787. The third kappa shape index (κ3) is 4.01. The first kappa shape index (κ1) is 17.5. The van der Waals surface area contributed by atoms with Crippen LogP contribution < -0.4 is 4.90 Å². The summed E-state index contributed by atoms with van der Waals surface area (Å²) in [6, 6.07) is 13.2. The van der Waals surface area contributed by atoms with Gasteiger partial charge in [0.1, 0.15) is 5.82 Å². The Bertz CT molecular complexity index is 755. The summed E-state index contributed by atoms with van der Waals surface area (Å²) in [6.45, 7) is 3.29. The standard InChI is InChI=1S/C21H25FN2O/c1-15-4-5-16(13-20(15)22)12-17-10-11-24(14-17)21(25)18-6-8-19(9-7-18)23(2)3/h4-9,13,17H,10-12,14H2,1-3H3. The maximum Gasteiger partial charge on any atom is 0.253 e. The second kappa shape index (κ2) is 7.26. The summed E-state index contributed by atoms with van der Waals surface area (Å²) < 4.78 is 13.7. The van der Waals surface area contributed by atoms with Gasteiger partial charge in [-0.2, -0.15) is 0 Å². The van der Waals surface area contributed by atoms with Crippen LogP contribution in [0.3, 0.4) is 0 Å². The van der Waals surface area contributed by atoms with Crippen molar-refractivity contribution in [3.8, 4) is 0 Å². The van der Waals surface area contributed by atoms with Gasteiger partial charge in [-0.05, 0) is 67.1 Å². The number of carbonyl (C=O) groups excluding carboxylic acids is 1. The van der Waals surface area contributed by atoms with Crippen LogP contribution in [0.4, 0.5) is 10.1 Å². The van der Waals surface area contributed by atoms with E-state index in [2.05, 4.69) is 0 Å². The van der Waals surface area contributed by atoms with Gasteiger partial charge in [0.15, 0.2) is 0 Å². The number of amides is 1. The first-order valence-corrected chi connectivity index (χ1v) is 8.75. The van der Waals surface area contributed by atoms with E-state index in [4.69, 9.17) is 0 Å². The molecule has 1 atom stereocenters. The van der Waals surface area contributed by atoms with E-state index in [1.165, 1.54) is 0 Å². The molecule has 1 aliphatic heterocycles. The summed E-state index contributed by atoms with van der Waals surface area (Å²) >= 11 is 0. The van der Waals surface area contributed by atoms with E-state index in [1.54, 1.807) is 13.0 Å². The van der Waals surface area contributed by atoms with Crippen molar-refractivity contribution in [1.29, 1.82) is 0 Å². The molecule has 1 heterocycles. The van der Waals surface area contributed by atoms with Gasteiger partial charge in [0.05, 0.1) is 0 Å². The molecule has 3 nitrogen and oxygen atoms in total. The van der Waals surface area contributed by atoms with Crippen molar-refractivity contribution in [3.63, 3.8) is 0 Å². The maximum atomic E-state index is 13.7. The Morgan fingerprint density at radius 2 is 1.92 bits per heavy atom. The van der Waals surface area contributed by atoms with E-state index in [1.807, 2.05) is 60.3 Å². The zero-order chi connectivity index (χ0) is 18.0. The first-order chi connectivity index (χ1) is 11.9. The molecule has 1 fully saturated rings. The highest BCUT2D eigenvalue weighted by atomic mass is 19.1. The highest BCUT2D eigenvalue weighted by molar-refractivity contribution is 5.94. The molecule has 0 aliphatic carbocycles. The summed E-state index contributed by atoms with van der Waals surface area (Å²) in [6.07, 6.45) is 1.79. The summed E-state index contributed by atoms with van der Waals surface area (Å²) in [7, 11) is 3.96. The van der Waals surface area contributed by atoms with E-state index < -0.39 is 0 Å². The van der Waals surface area contributed by atoms with Crippen LogP contribution >= 0.6 is 0 Å². The van der Waals surface area contributed by atoms with Crippen molar-refractivity contribution < 1.29 is 9.18 Å². The van der Waals surface area contributed by atoms with Crippen molar-refractivity contribution in [2.75, 3.05) is 32.1 Å². The quantitative estimate of drug-likeness (QED) is 0.843. The number of benzene rings is 2. The van der Waals surface area contributed by atoms with E-state index >= 15 is 0 Å². The minimum atomic E-state index is -0.149. The third-order valence-electron chi connectivity index (χ3n) is 4.96. The van der Waals surface area contributed by atoms with Gasteiger partial charge in [-0.15, -0.1) is 0 Å². The number of hydrogen-bond acceptors (Lipinski definition) is 2. The predicted octanol–water partition coefficient (Wildman–Crippen LogP) is 3.90. The number of aryl methyl sites for hydroxylation is 1. The molecule has 132 valence electrons. The molecule has 25 heavy (non-hydrogen) atoms. The van der Waals surface area contributed by atoms with Gasteiger partial charge >= 0.3 is 0 Å². The number of rotatable bonds is 4. The molecule has 2 aromatic rings. The molecule has 4 heteroatoms. The predicted molar refractivity (Wildman–Crippen MR) is 99.6 cm³/mol. The van der Waals surface area contributed by atoms with E-state index in [9.17, 15) is 9.18 Å². The lowest BCUT2D eigenvalue weighted by Crippen LogP contribution is -2.29. The fourth-order valence-corrected chi connectivity index (χ4v) is 3.37. The third-order valence-corrected chi connectivity index (χ3v) is 4.96. The Kier molecular flexibility index (Phi) is 5.07. The van der Waals surface area contributed by atoms with Crippen LogP contribution in [0.2, 0.25) is 0 Å². The van der Waals surface area contributed by atoms with Crippen LogP contribution in [-0.2, 0) is 6.42 Å². The van der Waals surface area contributed by atoms with Crippen molar-refractivity contribution in [2.24, 2.45) is 5.92 Å². The molecule has 0 bridgehead atoms. The Morgan fingerprint density at radius 3 is 2.56 bits per heavy atom. The lowest BCUT2D eigenvalue weighted by atomic mass is 9.98. The minimum Gasteiger partial charge on any atom is -0.378 e. The molecule has 1 amide bonds. The highest BCUT2D eigenvalue weighted by Crippen LogP contribution is 2.24. The summed E-state index contributed by atoms with van der Waals surface area (Å²) in [4.78, 5) is 16.6. The van der Waals surface area contributed by atoms with E-state index in [0.29, 0.717) is 11.5 Å². The number of halogens is 1. The second-order valence-corrected chi connectivity index (χ2v) is 7.13. The molecule has 0 aromatic heterocycles. The van der Waals surface area contributed by atoms with Crippen molar-refractivity contribution >= 4 is 11.6 Å². The van der Waals surface area contributed by atoms with Gasteiger partial charge in [-0.1, -0.05) is 12.1 Å². The van der Waals surface area contributed by atoms with Crippen LogP contribution in [0.25, 0.3) is 0 Å². The van der Waals surface area contributed by atoms with Gasteiger partial charge in [-0.3, -0.25) is 4.79 Å². The summed E-state index contributed by atoms with van der Waals surface area (Å²) in [5, 5.41) is 0. The lowest BCUT2D eigenvalue weighted by Gasteiger charge is -2.18. The minimum absolute atomic E-state index is 0.0860. The fourth-order valence-electron chi connectivity index (χ4n) is 3.37. The monoisotopic (exact) mass is 340 g/mol. The van der Waals surface area contributed by atoms with E-state index in [-0.39, 0.29) is 11.7 Å². The molecule has 2 aromatic carbocycles. The van der Waals surface area contributed by atoms with Gasteiger partial charge in [0.25, 0.3) is 5.91 Å².